The number of Topliss-reactive ketones (excluding diaryl/α,β-unsaturated/α-hetero) is 1. The molecule has 1 N–H and O–H groups in total. The summed E-state index contributed by atoms with van der Waals surface area (Å²) < 4.78 is 23.2. The predicted molar refractivity (Wildman–Crippen MR) is 102 cm³/mol. The van der Waals surface area contributed by atoms with Crippen LogP contribution in [0.25, 0.3) is 0 Å². The van der Waals surface area contributed by atoms with E-state index in [1.807, 2.05) is 0 Å². The molecule has 1 atom stereocenters. The zero-order chi connectivity index (χ0) is 19.6. The number of hydrogen-bond acceptors (Lipinski definition) is 7. The van der Waals surface area contributed by atoms with Crippen molar-refractivity contribution in [3.63, 3.8) is 0 Å². The van der Waals surface area contributed by atoms with Crippen LogP contribution in [0.15, 0.2) is 36.4 Å². The highest BCUT2D eigenvalue weighted by atomic mass is 32.2. The summed E-state index contributed by atoms with van der Waals surface area (Å²) in [4.78, 5) is 25.3. The molecule has 1 aromatic carbocycles. The number of carbonyl (C=O) groups excluding carboxylic acids is 2. The molecule has 0 saturated carbocycles. The van der Waals surface area contributed by atoms with Crippen LogP contribution in [0.2, 0.25) is 0 Å². The van der Waals surface area contributed by atoms with E-state index in [-0.39, 0.29) is 29.0 Å². The number of anilines is 2. The van der Waals surface area contributed by atoms with Gasteiger partial charge in [0.1, 0.15) is 0 Å². The van der Waals surface area contributed by atoms with Crippen LogP contribution in [0.1, 0.15) is 34.2 Å². The Balaban J connectivity index is 1.65. The molecule has 2 aromatic rings. The first-order chi connectivity index (χ1) is 12.7. The Morgan fingerprint density at radius 3 is 2.33 bits per heavy atom. The number of hydrogen-bond donors (Lipinski definition) is 1. The average Bonchev–Trinajstić information content (AvgIpc) is 3.01. The number of amides is 1. The number of nitrogens with one attached hydrogen (secondary N) is 1. The third-order valence-corrected chi connectivity index (χ3v) is 6.30. The Labute approximate surface area is 157 Å². The van der Waals surface area contributed by atoms with Gasteiger partial charge in [-0.05, 0) is 49.7 Å². The lowest BCUT2D eigenvalue weighted by Gasteiger charge is -2.23. The molecule has 0 bridgehead atoms. The third-order valence-electron chi connectivity index (χ3n) is 4.55. The molecule has 1 fully saturated rings. The van der Waals surface area contributed by atoms with Gasteiger partial charge in [-0.3, -0.25) is 9.59 Å². The maximum Gasteiger partial charge on any atom is 0.276 e. The topological polar surface area (TPSA) is 109 Å². The van der Waals surface area contributed by atoms with Crippen LogP contribution in [0.3, 0.4) is 0 Å². The number of rotatable bonds is 5. The minimum absolute atomic E-state index is 0.0477. The normalized spacial score (nSPS) is 18.1. The summed E-state index contributed by atoms with van der Waals surface area (Å²) in [5.74, 6) is 0.325. The van der Waals surface area contributed by atoms with Crippen LogP contribution in [-0.4, -0.2) is 54.9 Å². The highest BCUT2D eigenvalue weighted by molar-refractivity contribution is 7.91. The lowest BCUT2D eigenvalue weighted by molar-refractivity contribution is 0.101. The maximum atomic E-state index is 12.3. The molecule has 0 aliphatic carbocycles. The van der Waals surface area contributed by atoms with E-state index in [1.54, 1.807) is 48.3 Å². The molecule has 9 heteroatoms. The van der Waals surface area contributed by atoms with Gasteiger partial charge in [-0.2, -0.15) is 0 Å². The van der Waals surface area contributed by atoms with Gasteiger partial charge in [0.05, 0.1) is 11.5 Å². The van der Waals surface area contributed by atoms with E-state index in [0.717, 1.165) is 0 Å². The average molecular weight is 388 g/mol. The predicted octanol–water partition coefficient (Wildman–Crippen LogP) is 1.55. The fraction of sp³-hybridized carbons (Fsp3) is 0.333. The number of aromatic nitrogens is 2. The molecule has 1 unspecified atom stereocenters. The summed E-state index contributed by atoms with van der Waals surface area (Å²) in [6.45, 7) is 1.47. The number of benzene rings is 1. The summed E-state index contributed by atoms with van der Waals surface area (Å²) in [6, 6.07) is 9.61. The van der Waals surface area contributed by atoms with Crippen LogP contribution < -0.4 is 10.2 Å². The van der Waals surface area contributed by atoms with Gasteiger partial charge in [-0.1, -0.05) is 0 Å². The van der Waals surface area contributed by atoms with E-state index >= 15 is 0 Å². The second kappa shape index (κ2) is 7.43. The first-order valence-electron chi connectivity index (χ1n) is 8.44. The summed E-state index contributed by atoms with van der Waals surface area (Å²) in [5.41, 5.74) is 1.25. The van der Waals surface area contributed by atoms with Crippen LogP contribution >= 0.6 is 0 Å². The van der Waals surface area contributed by atoms with E-state index in [2.05, 4.69) is 15.5 Å². The standard InChI is InChI=1S/C18H20N4O4S/c1-12(23)13-3-5-14(6-4-13)19-18(24)16-7-8-17(21-20-16)22(2)15-9-10-27(25,26)11-15/h3-8,15H,9-11H2,1-2H3,(H,19,24). The van der Waals surface area contributed by atoms with Gasteiger partial charge >= 0.3 is 0 Å². The largest absolute Gasteiger partial charge is 0.354 e. The lowest BCUT2D eigenvalue weighted by atomic mass is 10.1. The van der Waals surface area contributed by atoms with Gasteiger partial charge in [0.15, 0.2) is 27.1 Å². The van der Waals surface area contributed by atoms with E-state index in [9.17, 15) is 18.0 Å². The van der Waals surface area contributed by atoms with Crippen LogP contribution in [-0.2, 0) is 9.84 Å². The van der Waals surface area contributed by atoms with Crippen LogP contribution in [0.4, 0.5) is 11.5 Å². The molecule has 1 aromatic heterocycles. The van der Waals surface area contributed by atoms with Crippen molar-refractivity contribution >= 4 is 33.0 Å². The van der Waals surface area contributed by atoms with E-state index in [4.69, 9.17) is 0 Å². The van der Waals surface area contributed by atoms with Gasteiger partial charge in [0.2, 0.25) is 0 Å². The van der Waals surface area contributed by atoms with E-state index in [0.29, 0.717) is 23.5 Å². The smallest absolute Gasteiger partial charge is 0.276 e. The van der Waals surface area contributed by atoms with Crippen molar-refractivity contribution in [2.24, 2.45) is 0 Å². The molecule has 1 amide bonds. The summed E-state index contributed by atoms with van der Waals surface area (Å²) in [7, 11) is -1.22. The Morgan fingerprint density at radius 2 is 1.81 bits per heavy atom. The van der Waals surface area contributed by atoms with Crippen molar-refractivity contribution in [2.75, 3.05) is 28.8 Å². The molecule has 1 aliphatic heterocycles. The fourth-order valence-electron chi connectivity index (χ4n) is 2.89. The molecule has 27 heavy (non-hydrogen) atoms. The van der Waals surface area contributed by atoms with Gasteiger partial charge in [0, 0.05) is 24.3 Å². The zero-order valence-electron chi connectivity index (χ0n) is 15.0. The van der Waals surface area contributed by atoms with Crippen molar-refractivity contribution in [1.29, 1.82) is 0 Å². The Bertz CT molecular complexity index is 956. The van der Waals surface area contributed by atoms with Crippen molar-refractivity contribution in [3.05, 3.63) is 47.7 Å². The van der Waals surface area contributed by atoms with Gasteiger partial charge < -0.3 is 10.2 Å². The molecule has 3 rings (SSSR count). The third kappa shape index (κ3) is 4.48. The molecule has 2 heterocycles. The Morgan fingerprint density at radius 1 is 1.11 bits per heavy atom. The van der Waals surface area contributed by atoms with Gasteiger partial charge in [0.25, 0.3) is 5.91 Å². The first kappa shape index (κ1) is 19.0. The second-order valence-corrected chi connectivity index (χ2v) is 8.76. The van der Waals surface area contributed by atoms with Gasteiger partial charge in [-0.25, -0.2) is 8.42 Å². The van der Waals surface area contributed by atoms with Crippen molar-refractivity contribution in [1.82, 2.24) is 10.2 Å². The summed E-state index contributed by atoms with van der Waals surface area (Å²) >= 11 is 0. The quantitative estimate of drug-likeness (QED) is 0.774. The number of carbonyl (C=O) groups is 2. The highest BCUT2D eigenvalue weighted by Gasteiger charge is 2.31. The zero-order valence-corrected chi connectivity index (χ0v) is 15.9. The molecule has 0 spiro atoms. The molecule has 1 aliphatic rings. The molecule has 142 valence electrons. The minimum atomic E-state index is -2.99. The first-order valence-corrected chi connectivity index (χ1v) is 10.3. The van der Waals surface area contributed by atoms with E-state index in [1.165, 1.54) is 6.92 Å². The highest BCUT2D eigenvalue weighted by Crippen LogP contribution is 2.21. The molecule has 0 radical (unpaired) electrons. The summed E-state index contributed by atoms with van der Waals surface area (Å²) in [5, 5.41) is 10.7. The molecular weight excluding hydrogens is 368 g/mol. The van der Waals surface area contributed by atoms with Crippen LogP contribution in [0, 0.1) is 0 Å². The summed E-state index contributed by atoms with van der Waals surface area (Å²) in [6.07, 6.45) is 0.555. The number of nitrogens with zero attached hydrogens (tertiary/aromatic N) is 3. The fourth-order valence-corrected chi connectivity index (χ4v) is 4.66. The second-order valence-electron chi connectivity index (χ2n) is 6.53. The number of ketones is 1. The SMILES string of the molecule is CC(=O)c1ccc(NC(=O)c2ccc(N(C)C3CCS(=O)(=O)C3)nn2)cc1. The van der Waals surface area contributed by atoms with Crippen molar-refractivity contribution in [3.8, 4) is 0 Å². The molecule has 1 saturated heterocycles. The molecular formula is C18H20N4O4S. The van der Waals surface area contributed by atoms with Crippen molar-refractivity contribution in [2.45, 2.75) is 19.4 Å². The lowest BCUT2D eigenvalue weighted by Crippen LogP contribution is -2.33. The van der Waals surface area contributed by atoms with E-state index < -0.39 is 15.7 Å². The minimum Gasteiger partial charge on any atom is -0.354 e. The van der Waals surface area contributed by atoms with Gasteiger partial charge in [-0.15, -0.1) is 10.2 Å². The number of sulfone groups is 1. The van der Waals surface area contributed by atoms with Crippen LogP contribution in [0.5, 0.6) is 0 Å². The monoisotopic (exact) mass is 388 g/mol. The molecule has 8 nitrogen and oxygen atoms in total. The maximum absolute atomic E-state index is 12.3. The van der Waals surface area contributed by atoms with Crippen molar-refractivity contribution < 1.29 is 18.0 Å². The Hall–Kier alpha value is -2.81. The Kier molecular flexibility index (Phi) is 5.22.